The number of nitrogens with zero attached hydrogens (tertiary/aromatic N) is 1. The number of aromatic amines is 1. The fraction of sp³-hybridized carbons (Fsp3) is 0. The van der Waals surface area contributed by atoms with E-state index in [0.29, 0.717) is 0 Å². The second kappa shape index (κ2) is 5.00. The third-order valence-electron chi connectivity index (χ3n) is 3.93. The normalized spacial score (nSPS) is 11.1. The molecule has 0 fully saturated rings. The maximum absolute atomic E-state index is 5.99. The van der Waals surface area contributed by atoms with E-state index in [2.05, 4.69) is 28.7 Å². The summed E-state index contributed by atoms with van der Waals surface area (Å²) in [5.74, 6) is 0. The molecule has 0 aliphatic heterocycles. The van der Waals surface area contributed by atoms with Gasteiger partial charge in [-0.25, -0.2) is 4.98 Å². The van der Waals surface area contributed by atoms with E-state index >= 15 is 0 Å². The Labute approximate surface area is 133 Å². The highest BCUT2D eigenvalue weighted by molar-refractivity contribution is 6.30. The van der Waals surface area contributed by atoms with Crippen LogP contribution in [0.3, 0.4) is 0 Å². The number of rotatable bonds is 2. The van der Waals surface area contributed by atoms with Gasteiger partial charge < -0.3 is 4.98 Å². The smallest absolute Gasteiger partial charge is 0.138 e. The van der Waals surface area contributed by atoms with Crippen LogP contribution in [-0.2, 0) is 0 Å². The first-order chi connectivity index (χ1) is 10.8. The molecule has 2 aromatic heterocycles. The summed E-state index contributed by atoms with van der Waals surface area (Å²) >= 11 is 5.99. The molecule has 0 amide bonds. The highest BCUT2D eigenvalue weighted by atomic mass is 35.5. The molecule has 2 aromatic carbocycles. The van der Waals surface area contributed by atoms with Crippen LogP contribution in [0.1, 0.15) is 5.56 Å². The van der Waals surface area contributed by atoms with Crippen molar-refractivity contribution in [3.05, 3.63) is 71.9 Å². The average molecular weight is 305 g/mol. The molecular weight excluding hydrogens is 292 g/mol. The summed E-state index contributed by atoms with van der Waals surface area (Å²) in [5.41, 5.74) is 5.20. The van der Waals surface area contributed by atoms with Gasteiger partial charge in [0.25, 0.3) is 0 Å². The molecular formula is C19H13ClN2. The van der Waals surface area contributed by atoms with E-state index < -0.39 is 0 Å². The van der Waals surface area contributed by atoms with Crippen molar-refractivity contribution in [2.45, 2.75) is 0 Å². The van der Waals surface area contributed by atoms with E-state index in [1.807, 2.05) is 48.7 Å². The number of halogens is 1. The number of H-pyrrole nitrogens is 1. The standard InChI is InChI=1S/C19H13ClN2/c1-2-14-16(12-7-9-13(20)10-8-12)11-21-19-18(14)15-5-3-4-6-17(15)22-19/h2-11H,1H2,(H,21,22). The van der Waals surface area contributed by atoms with Gasteiger partial charge in [-0.3, -0.25) is 0 Å². The third-order valence-corrected chi connectivity index (χ3v) is 4.18. The molecule has 0 spiro atoms. The minimum absolute atomic E-state index is 0.727. The van der Waals surface area contributed by atoms with Crippen LogP contribution in [0.15, 0.2) is 61.3 Å². The first-order valence-electron chi connectivity index (χ1n) is 7.06. The summed E-state index contributed by atoms with van der Waals surface area (Å²) < 4.78 is 0. The summed E-state index contributed by atoms with van der Waals surface area (Å²) in [6.07, 6.45) is 3.78. The van der Waals surface area contributed by atoms with Gasteiger partial charge in [-0.05, 0) is 29.3 Å². The molecule has 0 bridgehead atoms. The van der Waals surface area contributed by atoms with Gasteiger partial charge in [0.15, 0.2) is 0 Å². The van der Waals surface area contributed by atoms with Crippen LogP contribution in [0.5, 0.6) is 0 Å². The van der Waals surface area contributed by atoms with Gasteiger partial charge in [0.05, 0.1) is 0 Å². The van der Waals surface area contributed by atoms with E-state index in [0.717, 1.165) is 43.6 Å². The number of hydrogen-bond acceptors (Lipinski definition) is 1. The lowest BCUT2D eigenvalue weighted by atomic mass is 9.98. The van der Waals surface area contributed by atoms with E-state index in [-0.39, 0.29) is 0 Å². The van der Waals surface area contributed by atoms with Crippen molar-refractivity contribution in [2.24, 2.45) is 0 Å². The van der Waals surface area contributed by atoms with Gasteiger partial charge in [-0.1, -0.05) is 54.6 Å². The van der Waals surface area contributed by atoms with Gasteiger partial charge in [0, 0.05) is 33.1 Å². The Hall–Kier alpha value is -2.58. The van der Waals surface area contributed by atoms with E-state index in [1.54, 1.807) is 0 Å². The molecule has 0 aliphatic rings. The highest BCUT2D eigenvalue weighted by Gasteiger charge is 2.13. The van der Waals surface area contributed by atoms with Crippen LogP contribution in [0.4, 0.5) is 0 Å². The van der Waals surface area contributed by atoms with Crippen LogP contribution in [0.2, 0.25) is 5.02 Å². The van der Waals surface area contributed by atoms with Crippen molar-refractivity contribution < 1.29 is 0 Å². The zero-order chi connectivity index (χ0) is 15.1. The number of fused-ring (bicyclic) bond motifs is 3. The van der Waals surface area contributed by atoms with Gasteiger partial charge >= 0.3 is 0 Å². The van der Waals surface area contributed by atoms with Crippen molar-refractivity contribution in [3.8, 4) is 11.1 Å². The molecule has 4 rings (SSSR count). The monoisotopic (exact) mass is 304 g/mol. The van der Waals surface area contributed by atoms with Gasteiger partial charge in [0.2, 0.25) is 0 Å². The molecule has 0 aliphatic carbocycles. The topological polar surface area (TPSA) is 28.7 Å². The summed E-state index contributed by atoms with van der Waals surface area (Å²) in [5, 5.41) is 3.00. The predicted molar refractivity (Wildman–Crippen MR) is 94.1 cm³/mol. The third kappa shape index (κ3) is 1.92. The molecule has 2 heterocycles. The number of nitrogens with one attached hydrogen (secondary N) is 1. The zero-order valence-corrected chi connectivity index (χ0v) is 12.6. The van der Waals surface area contributed by atoms with E-state index in [1.165, 1.54) is 0 Å². The van der Waals surface area contributed by atoms with Gasteiger partial charge in [-0.2, -0.15) is 0 Å². The van der Waals surface area contributed by atoms with Crippen molar-refractivity contribution in [2.75, 3.05) is 0 Å². The Morgan fingerprint density at radius 1 is 1.05 bits per heavy atom. The van der Waals surface area contributed by atoms with Crippen LogP contribution < -0.4 is 0 Å². The molecule has 0 radical (unpaired) electrons. The van der Waals surface area contributed by atoms with Crippen LogP contribution >= 0.6 is 11.6 Å². The summed E-state index contributed by atoms with van der Waals surface area (Å²) in [6.45, 7) is 4.00. The van der Waals surface area contributed by atoms with Crippen LogP contribution in [-0.4, -0.2) is 9.97 Å². The minimum atomic E-state index is 0.727. The minimum Gasteiger partial charge on any atom is -0.339 e. The first kappa shape index (κ1) is 13.1. The van der Waals surface area contributed by atoms with Gasteiger partial charge in [-0.15, -0.1) is 0 Å². The zero-order valence-electron chi connectivity index (χ0n) is 11.8. The Bertz CT molecular complexity index is 997. The predicted octanol–water partition coefficient (Wildman–Crippen LogP) is 5.68. The summed E-state index contributed by atoms with van der Waals surface area (Å²) in [6, 6.07) is 16.0. The first-order valence-corrected chi connectivity index (χ1v) is 7.43. The molecule has 3 heteroatoms. The second-order valence-corrected chi connectivity index (χ2v) is 5.63. The Kier molecular flexibility index (Phi) is 2.98. The van der Waals surface area contributed by atoms with Crippen LogP contribution in [0.25, 0.3) is 39.1 Å². The Morgan fingerprint density at radius 2 is 1.82 bits per heavy atom. The molecule has 0 saturated carbocycles. The lowest BCUT2D eigenvalue weighted by Crippen LogP contribution is -1.88. The van der Waals surface area contributed by atoms with E-state index in [9.17, 15) is 0 Å². The molecule has 22 heavy (non-hydrogen) atoms. The Balaban J connectivity index is 2.09. The maximum atomic E-state index is 5.99. The van der Waals surface area contributed by atoms with Crippen molar-refractivity contribution in [1.29, 1.82) is 0 Å². The molecule has 4 aromatic rings. The SMILES string of the molecule is C=Cc1c(-c2ccc(Cl)cc2)cnc2[nH]c3ccccc3c12. The number of pyridine rings is 1. The summed E-state index contributed by atoms with van der Waals surface area (Å²) in [7, 11) is 0. The average Bonchev–Trinajstić information content (AvgIpc) is 2.93. The number of benzene rings is 2. The molecule has 0 unspecified atom stereocenters. The van der Waals surface area contributed by atoms with Crippen molar-refractivity contribution in [3.63, 3.8) is 0 Å². The quantitative estimate of drug-likeness (QED) is 0.507. The number of para-hydroxylation sites is 1. The van der Waals surface area contributed by atoms with E-state index in [4.69, 9.17) is 11.6 Å². The van der Waals surface area contributed by atoms with Gasteiger partial charge in [0.1, 0.15) is 5.65 Å². The number of aromatic nitrogens is 2. The number of hydrogen-bond donors (Lipinski definition) is 1. The largest absolute Gasteiger partial charge is 0.339 e. The second-order valence-electron chi connectivity index (χ2n) is 5.19. The molecule has 0 atom stereocenters. The molecule has 1 N–H and O–H groups in total. The fourth-order valence-corrected chi connectivity index (χ4v) is 3.03. The lowest BCUT2D eigenvalue weighted by molar-refractivity contribution is 1.34. The summed E-state index contributed by atoms with van der Waals surface area (Å²) in [4.78, 5) is 7.95. The maximum Gasteiger partial charge on any atom is 0.138 e. The van der Waals surface area contributed by atoms with Crippen molar-refractivity contribution >= 4 is 39.6 Å². The molecule has 2 nitrogen and oxygen atoms in total. The molecule has 0 saturated heterocycles. The van der Waals surface area contributed by atoms with Crippen LogP contribution in [0, 0.1) is 0 Å². The lowest BCUT2D eigenvalue weighted by Gasteiger charge is -2.08. The fourth-order valence-electron chi connectivity index (χ4n) is 2.90. The highest BCUT2D eigenvalue weighted by Crippen LogP contribution is 2.34. The Morgan fingerprint density at radius 3 is 2.59 bits per heavy atom. The molecule has 106 valence electrons. The van der Waals surface area contributed by atoms with Crippen molar-refractivity contribution in [1.82, 2.24) is 9.97 Å².